The Bertz CT molecular complexity index is 658. The number of aliphatic hydroxyl groups excluding tert-OH is 1. The first-order chi connectivity index (χ1) is 9.52. The lowest BCUT2D eigenvalue weighted by molar-refractivity contribution is -0.385. The van der Waals surface area contributed by atoms with Gasteiger partial charge in [0.15, 0.2) is 0 Å². The number of hydrogen-bond acceptors (Lipinski definition) is 4. The van der Waals surface area contributed by atoms with Gasteiger partial charge in [-0.3, -0.25) is 10.1 Å². The molecule has 0 aromatic heterocycles. The van der Waals surface area contributed by atoms with Crippen LogP contribution in [-0.4, -0.2) is 10.0 Å². The minimum Gasteiger partial charge on any atom is -0.456 e. The van der Waals surface area contributed by atoms with Crippen LogP contribution in [0.25, 0.3) is 0 Å². The van der Waals surface area contributed by atoms with Gasteiger partial charge in [-0.05, 0) is 46.1 Å². The normalized spacial score (nSPS) is 10.3. The van der Waals surface area contributed by atoms with E-state index < -0.39 is 4.92 Å². The van der Waals surface area contributed by atoms with Crippen LogP contribution >= 0.6 is 15.9 Å². The van der Waals surface area contributed by atoms with E-state index in [1.807, 2.05) is 6.92 Å². The van der Waals surface area contributed by atoms with Crippen molar-refractivity contribution >= 4 is 21.6 Å². The molecule has 0 saturated carbocycles. The maximum absolute atomic E-state index is 10.9. The molecule has 1 N–H and O–H groups in total. The van der Waals surface area contributed by atoms with Crippen molar-refractivity contribution in [3.63, 3.8) is 0 Å². The molecule has 2 rings (SSSR count). The van der Waals surface area contributed by atoms with E-state index in [4.69, 9.17) is 9.84 Å². The second-order valence-corrected chi connectivity index (χ2v) is 5.00. The first-order valence-corrected chi connectivity index (χ1v) is 6.63. The molecule has 6 heteroatoms. The SMILES string of the molecule is Cc1cc(CO)ccc1Oc1cccc([N+](=O)[O-])c1Br. The lowest BCUT2D eigenvalue weighted by Crippen LogP contribution is -1.94. The maximum atomic E-state index is 10.9. The fourth-order valence-electron chi connectivity index (χ4n) is 1.76. The van der Waals surface area contributed by atoms with Crippen molar-refractivity contribution in [1.29, 1.82) is 0 Å². The summed E-state index contributed by atoms with van der Waals surface area (Å²) in [6.07, 6.45) is 0. The highest BCUT2D eigenvalue weighted by atomic mass is 79.9. The summed E-state index contributed by atoms with van der Waals surface area (Å²) >= 11 is 3.19. The standard InChI is InChI=1S/C14H12BrNO4/c1-9-7-10(8-17)5-6-12(9)20-13-4-2-3-11(14(13)15)16(18)19/h2-7,17H,8H2,1H3. The molecule has 0 bridgehead atoms. The second-order valence-electron chi connectivity index (χ2n) is 4.21. The highest BCUT2D eigenvalue weighted by Gasteiger charge is 2.16. The quantitative estimate of drug-likeness (QED) is 0.677. The lowest BCUT2D eigenvalue weighted by atomic mass is 10.1. The first kappa shape index (κ1) is 14.5. The third-order valence-electron chi connectivity index (χ3n) is 2.78. The fraction of sp³-hybridized carbons (Fsp3) is 0.143. The summed E-state index contributed by atoms with van der Waals surface area (Å²) in [5.74, 6) is 0.961. The molecule has 0 saturated heterocycles. The Hall–Kier alpha value is -1.92. The number of halogens is 1. The van der Waals surface area contributed by atoms with E-state index >= 15 is 0 Å². The molecule has 104 valence electrons. The van der Waals surface area contributed by atoms with E-state index in [1.54, 1.807) is 30.3 Å². The molecule has 5 nitrogen and oxygen atoms in total. The summed E-state index contributed by atoms with van der Waals surface area (Å²) < 4.78 is 6.00. The van der Waals surface area contributed by atoms with Crippen LogP contribution in [0.4, 0.5) is 5.69 Å². The molecule has 0 atom stereocenters. The van der Waals surface area contributed by atoms with E-state index in [-0.39, 0.29) is 12.3 Å². The Balaban J connectivity index is 2.35. The molecule has 0 radical (unpaired) electrons. The molecule has 0 fully saturated rings. The van der Waals surface area contributed by atoms with Gasteiger partial charge in [0.1, 0.15) is 16.0 Å². The average Bonchev–Trinajstić information content (AvgIpc) is 2.42. The molecular formula is C14H12BrNO4. The van der Waals surface area contributed by atoms with Gasteiger partial charge < -0.3 is 9.84 Å². The number of nitrogens with zero attached hydrogens (tertiary/aromatic N) is 1. The van der Waals surface area contributed by atoms with Gasteiger partial charge in [-0.25, -0.2) is 0 Å². The van der Waals surface area contributed by atoms with E-state index in [0.29, 0.717) is 16.0 Å². The second kappa shape index (κ2) is 6.02. The van der Waals surface area contributed by atoms with Crippen LogP contribution in [-0.2, 0) is 6.61 Å². The van der Waals surface area contributed by atoms with Crippen molar-refractivity contribution in [1.82, 2.24) is 0 Å². The number of nitro benzene ring substituents is 1. The van der Waals surface area contributed by atoms with Crippen molar-refractivity contribution in [2.45, 2.75) is 13.5 Å². The van der Waals surface area contributed by atoms with Crippen molar-refractivity contribution < 1.29 is 14.8 Å². The van der Waals surface area contributed by atoms with Gasteiger partial charge in [-0.2, -0.15) is 0 Å². The van der Waals surface area contributed by atoms with E-state index in [9.17, 15) is 10.1 Å². The third kappa shape index (κ3) is 2.97. The summed E-state index contributed by atoms with van der Waals surface area (Å²) in [4.78, 5) is 10.4. The van der Waals surface area contributed by atoms with Crippen molar-refractivity contribution in [2.24, 2.45) is 0 Å². The van der Waals surface area contributed by atoms with Gasteiger partial charge in [-0.15, -0.1) is 0 Å². The zero-order chi connectivity index (χ0) is 14.7. The predicted molar refractivity (Wildman–Crippen MR) is 78.0 cm³/mol. The average molecular weight is 338 g/mol. The summed E-state index contributed by atoms with van der Waals surface area (Å²) in [7, 11) is 0. The third-order valence-corrected chi connectivity index (χ3v) is 3.58. The molecule has 0 unspecified atom stereocenters. The van der Waals surface area contributed by atoms with Crippen LogP contribution in [0, 0.1) is 17.0 Å². The largest absolute Gasteiger partial charge is 0.456 e. The number of hydrogen-bond donors (Lipinski definition) is 1. The minimum atomic E-state index is -0.474. The van der Waals surface area contributed by atoms with Gasteiger partial charge in [0.2, 0.25) is 0 Å². The maximum Gasteiger partial charge on any atom is 0.287 e. The molecule has 2 aromatic rings. The Morgan fingerprint density at radius 2 is 2.05 bits per heavy atom. The van der Waals surface area contributed by atoms with E-state index in [0.717, 1.165) is 11.1 Å². The Morgan fingerprint density at radius 3 is 2.65 bits per heavy atom. The Morgan fingerprint density at radius 1 is 1.30 bits per heavy atom. The van der Waals surface area contributed by atoms with Gasteiger partial charge in [0.05, 0.1) is 11.5 Å². The van der Waals surface area contributed by atoms with Gasteiger partial charge in [0.25, 0.3) is 5.69 Å². The molecule has 2 aromatic carbocycles. The summed E-state index contributed by atoms with van der Waals surface area (Å²) in [5.41, 5.74) is 1.58. The first-order valence-electron chi connectivity index (χ1n) is 5.84. The lowest BCUT2D eigenvalue weighted by Gasteiger charge is -2.11. The number of benzene rings is 2. The topological polar surface area (TPSA) is 72.6 Å². The molecule has 0 amide bonds. The van der Waals surface area contributed by atoms with E-state index in [1.165, 1.54) is 6.07 Å². The number of rotatable bonds is 4. The van der Waals surface area contributed by atoms with Crippen LogP contribution in [0.15, 0.2) is 40.9 Å². The molecule has 0 heterocycles. The molecule has 0 aliphatic rings. The summed E-state index contributed by atoms with van der Waals surface area (Å²) in [5, 5.41) is 19.9. The van der Waals surface area contributed by atoms with Crippen molar-refractivity contribution in [3.8, 4) is 11.5 Å². The Labute approximate surface area is 124 Å². The van der Waals surface area contributed by atoms with Crippen molar-refractivity contribution in [3.05, 3.63) is 62.1 Å². The van der Waals surface area contributed by atoms with Crippen LogP contribution in [0.3, 0.4) is 0 Å². The predicted octanol–water partition coefficient (Wildman–Crippen LogP) is 3.95. The fourth-order valence-corrected chi connectivity index (χ4v) is 2.25. The van der Waals surface area contributed by atoms with Crippen molar-refractivity contribution in [2.75, 3.05) is 0 Å². The summed E-state index contributed by atoms with van der Waals surface area (Å²) in [6, 6.07) is 9.89. The molecule has 0 aliphatic heterocycles. The monoisotopic (exact) mass is 337 g/mol. The molecular weight excluding hydrogens is 326 g/mol. The molecule has 20 heavy (non-hydrogen) atoms. The zero-order valence-electron chi connectivity index (χ0n) is 10.7. The van der Waals surface area contributed by atoms with Crippen LogP contribution in [0.1, 0.15) is 11.1 Å². The van der Waals surface area contributed by atoms with Gasteiger partial charge >= 0.3 is 0 Å². The zero-order valence-corrected chi connectivity index (χ0v) is 12.3. The van der Waals surface area contributed by atoms with Crippen LogP contribution in [0.5, 0.6) is 11.5 Å². The highest BCUT2D eigenvalue weighted by Crippen LogP contribution is 2.37. The Kier molecular flexibility index (Phi) is 4.36. The number of aryl methyl sites for hydroxylation is 1. The van der Waals surface area contributed by atoms with Crippen LogP contribution in [0.2, 0.25) is 0 Å². The highest BCUT2D eigenvalue weighted by molar-refractivity contribution is 9.10. The van der Waals surface area contributed by atoms with Crippen LogP contribution < -0.4 is 4.74 Å². The molecule has 0 spiro atoms. The van der Waals surface area contributed by atoms with Gasteiger partial charge in [0, 0.05) is 6.07 Å². The van der Waals surface area contributed by atoms with Gasteiger partial charge in [-0.1, -0.05) is 18.2 Å². The summed E-state index contributed by atoms with van der Waals surface area (Å²) in [6.45, 7) is 1.81. The molecule has 0 aliphatic carbocycles. The smallest absolute Gasteiger partial charge is 0.287 e. The van der Waals surface area contributed by atoms with E-state index in [2.05, 4.69) is 15.9 Å². The number of nitro groups is 1. The minimum absolute atomic E-state index is 0.0401. The number of aliphatic hydroxyl groups is 1. The number of ether oxygens (including phenoxy) is 1.